The van der Waals surface area contributed by atoms with Crippen LogP contribution in [-0.2, 0) is 0 Å². The summed E-state index contributed by atoms with van der Waals surface area (Å²) in [6, 6.07) is 15.9. The average Bonchev–Trinajstić information content (AvgIpc) is 3.29. The molecule has 7 aromatic rings. The number of pyridine rings is 1. The smallest absolute Gasteiger partial charge is 0.258 e. The van der Waals surface area contributed by atoms with Crippen LogP contribution in [0.5, 0.6) is 5.75 Å². The van der Waals surface area contributed by atoms with Crippen molar-refractivity contribution < 1.29 is 102 Å². The minimum atomic E-state index is -7.22. The number of nitrogens with zero attached hydrogens (tertiary/aromatic N) is 2. The van der Waals surface area contributed by atoms with Gasteiger partial charge in [-0.15, -0.1) is 21.9 Å². The van der Waals surface area contributed by atoms with E-state index in [-0.39, 0.29) is 5.69 Å². The Balaban J connectivity index is 0.000000289. The first-order valence-electron chi connectivity index (χ1n) is 17.0. The molecule has 65 heavy (non-hydrogen) atoms. The summed E-state index contributed by atoms with van der Waals surface area (Å²) >= 11 is 0. The number of aromatic nitrogens is 1. The van der Waals surface area contributed by atoms with Crippen LogP contribution in [0, 0.1) is 126 Å². The molecule has 1 aromatic heterocycles. The lowest BCUT2D eigenvalue weighted by Crippen LogP contribution is -2.81. The number of nitro groups is 1. The molecule has 0 aliphatic carbocycles. The van der Waals surface area contributed by atoms with Gasteiger partial charge in [-0.2, -0.15) is 0 Å². The van der Waals surface area contributed by atoms with Crippen LogP contribution in [0.3, 0.4) is 0 Å². The Kier molecular flexibility index (Phi) is 12.5. The van der Waals surface area contributed by atoms with Crippen LogP contribution in [0.15, 0.2) is 67.0 Å². The topological polar surface area (TPSA) is 56.3 Å². The molecule has 0 radical (unpaired) electrons. The first-order valence-corrected chi connectivity index (χ1v) is 17.0. The fraction of sp³-hybridized carbons (Fsp3) is 0. The molecule has 0 spiro atoms. The Labute approximate surface area is 346 Å². The largest absolute Gasteiger partial charge is 0.273 e. The van der Waals surface area contributed by atoms with Gasteiger partial charge in [-0.3, -0.25) is 10.1 Å². The van der Waals surface area contributed by atoms with Gasteiger partial charge in [0, 0.05) is 16.9 Å². The van der Waals surface area contributed by atoms with Crippen LogP contribution in [0.4, 0.5) is 93.5 Å². The Bertz CT molecular complexity index is 2750. The second-order valence-electron chi connectivity index (χ2n) is 13.1. The molecule has 0 saturated carbocycles. The third-order valence-electron chi connectivity index (χ3n) is 9.61. The molecule has 0 N–H and O–H groups in total. The third-order valence-corrected chi connectivity index (χ3v) is 9.61. The highest BCUT2D eigenvalue weighted by molar-refractivity contribution is 7.20. The van der Waals surface area contributed by atoms with Gasteiger partial charge in [-0.1, -0.05) is 24.3 Å². The van der Waals surface area contributed by atoms with Crippen LogP contribution in [0.2, 0.25) is 0 Å². The van der Waals surface area contributed by atoms with E-state index >= 15 is 35.1 Å². The van der Waals surface area contributed by atoms with Crippen molar-refractivity contribution in [1.82, 2.24) is 0 Å². The highest BCUT2D eigenvalue weighted by atomic mass is 19.2. The molecule has 0 saturated heterocycles. The fourth-order valence-electron chi connectivity index (χ4n) is 6.82. The van der Waals surface area contributed by atoms with Crippen LogP contribution >= 0.6 is 0 Å². The van der Waals surface area contributed by atoms with Crippen molar-refractivity contribution in [3.63, 3.8) is 0 Å². The van der Waals surface area contributed by atoms with Gasteiger partial charge in [0.15, 0.2) is 69.8 Å². The molecule has 1 heterocycles. The molecule has 0 fully saturated rings. The van der Waals surface area contributed by atoms with Crippen LogP contribution in [0.1, 0.15) is 0 Å². The minimum absolute atomic E-state index is 0.00360. The molecule has 0 bridgehead atoms. The van der Waals surface area contributed by atoms with Gasteiger partial charge in [0.05, 0.1) is 16.4 Å². The lowest BCUT2D eigenvalue weighted by atomic mass is 9.12. The van der Waals surface area contributed by atoms with Gasteiger partial charge in [-0.05, 0) is 17.5 Å². The van der Waals surface area contributed by atoms with Gasteiger partial charge >= 0.3 is 0 Å². The van der Waals surface area contributed by atoms with Gasteiger partial charge < -0.3 is 0 Å². The molecule has 26 heteroatoms. The maximum Gasteiger partial charge on any atom is 0.273 e. The Morgan fingerprint density at radius 2 is 0.708 bits per heavy atom. The lowest BCUT2D eigenvalue weighted by Gasteiger charge is -2.44. The van der Waals surface area contributed by atoms with E-state index < -0.39 is 149 Å². The van der Waals surface area contributed by atoms with E-state index in [1.807, 2.05) is 36.5 Å². The predicted octanol–water partition coefficient (Wildman–Crippen LogP) is 8.72. The maximum absolute atomic E-state index is 15.4. The normalized spacial score (nSPS) is 11.5. The predicted molar refractivity (Wildman–Crippen MR) is 182 cm³/mol. The average molecular weight is 946 g/mol. The summed E-state index contributed by atoms with van der Waals surface area (Å²) in [5.41, 5.74) is -14.3. The first kappa shape index (κ1) is 47.1. The molecule has 0 amide bonds. The van der Waals surface area contributed by atoms with Gasteiger partial charge in [0.25, 0.3) is 5.69 Å². The SMILES string of the molecule is Fc1c(F)c(F)c([B-](c2c(F)c(F)c(F)c(F)c2F)(c2c(F)c(F)c(F)c(F)c2F)c2c(F)c(F)c(F)c(F)c2F)c(F)c1F.O=[N+]([O-])c1cccc(O[n+]2ccc3ccccc3c2)c1. The zero-order valence-corrected chi connectivity index (χ0v) is 30.6. The number of non-ortho nitro benzene ring substituents is 1. The highest BCUT2D eigenvalue weighted by Gasteiger charge is 2.52. The maximum atomic E-state index is 15.4. The van der Waals surface area contributed by atoms with E-state index in [9.17, 15) is 62.8 Å². The number of hydrogen-bond donors (Lipinski definition) is 0. The van der Waals surface area contributed by atoms with Crippen LogP contribution in [0.25, 0.3) is 10.8 Å². The van der Waals surface area contributed by atoms with Crippen molar-refractivity contribution in [2.75, 3.05) is 0 Å². The van der Waals surface area contributed by atoms with E-state index in [0.29, 0.717) is 5.75 Å². The quantitative estimate of drug-likeness (QED) is 0.0306. The summed E-state index contributed by atoms with van der Waals surface area (Å²) in [7, 11) is 0. The molecule has 5 nitrogen and oxygen atoms in total. The second-order valence-corrected chi connectivity index (χ2v) is 13.1. The highest BCUT2D eigenvalue weighted by Crippen LogP contribution is 2.31. The second kappa shape index (κ2) is 17.3. The molecule has 0 unspecified atom stereocenters. The Hall–Kier alpha value is -7.41. The molecular weight excluding hydrogens is 935 g/mol. The fourth-order valence-corrected chi connectivity index (χ4v) is 6.82. The first-order chi connectivity index (χ1) is 30.4. The zero-order chi connectivity index (χ0) is 48.3. The number of fused-ring (bicyclic) bond motifs is 1. The van der Waals surface area contributed by atoms with E-state index in [1.165, 1.54) is 16.9 Å². The number of hydrogen-bond acceptors (Lipinski definition) is 3. The van der Waals surface area contributed by atoms with Crippen LogP contribution < -0.4 is 31.4 Å². The van der Waals surface area contributed by atoms with Crippen molar-refractivity contribution in [2.45, 2.75) is 0 Å². The van der Waals surface area contributed by atoms with E-state index in [1.54, 1.807) is 18.3 Å². The minimum Gasteiger partial charge on any atom is -0.258 e. The van der Waals surface area contributed by atoms with Gasteiger partial charge in [0.2, 0.25) is 18.1 Å². The Morgan fingerprint density at radius 3 is 1.03 bits per heavy atom. The van der Waals surface area contributed by atoms with Crippen molar-refractivity contribution in [3.05, 3.63) is 193 Å². The van der Waals surface area contributed by atoms with Crippen molar-refractivity contribution >= 4 is 44.5 Å². The summed E-state index contributed by atoms with van der Waals surface area (Å²) in [5, 5.41) is 12.9. The van der Waals surface area contributed by atoms with Crippen molar-refractivity contribution in [3.8, 4) is 5.75 Å². The summed E-state index contributed by atoms with van der Waals surface area (Å²) < 4.78 is 295. The summed E-state index contributed by atoms with van der Waals surface area (Å²) in [5.74, 6) is -71.0. The summed E-state index contributed by atoms with van der Waals surface area (Å²) in [6.45, 7) is 0. The molecule has 0 atom stereocenters. The van der Waals surface area contributed by atoms with E-state index in [4.69, 9.17) is 4.84 Å². The number of nitro benzene ring substituents is 1. The molecule has 338 valence electrons. The number of benzene rings is 6. The van der Waals surface area contributed by atoms with Crippen LogP contribution in [-0.4, -0.2) is 11.1 Å². The molecule has 7 rings (SSSR count). The molecule has 6 aromatic carbocycles. The standard InChI is InChI=1S/C24BF20.C15H11N2O3/c26-5-1(6(27)14(35)21(42)13(5)34)25(2-7(28)15(36)22(43)16(37)8(2)29,3-9(30)17(38)23(44)18(39)10(3)31)4-11(32)19(40)24(45)20(41)12(4)33;18-17(19)14-6-3-7-15(10-14)20-16-9-8-12-4-1-2-5-13(12)11-16/h;1-11H/q-1;+1. The Morgan fingerprint density at radius 1 is 0.400 bits per heavy atom. The van der Waals surface area contributed by atoms with Gasteiger partial charge in [-0.25, -0.2) is 92.6 Å². The number of rotatable bonds is 7. The van der Waals surface area contributed by atoms with E-state index in [0.717, 1.165) is 10.8 Å². The molecular formula is C39H11BF20N2O3. The zero-order valence-electron chi connectivity index (χ0n) is 30.6. The molecule has 0 aliphatic rings. The number of halogens is 20. The van der Waals surface area contributed by atoms with Crippen molar-refractivity contribution in [1.29, 1.82) is 0 Å². The van der Waals surface area contributed by atoms with Crippen molar-refractivity contribution in [2.24, 2.45) is 0 Å². The van der Waals surface area contributed by atoms with E-state index in [2.05, 4.69) is 0 Å². The summed E-state index contributed by atoms with van der Waals surface area (Å²) in [6.07, 6.45) is -3.62. The van der Waals surface area contributed by atoms with Gasteiger partial charge in [0.1, 0.15) is 52.7 Å². The summed E-state index contributed by atoms with van der Waals surface area (Å²) in [4.78, 5) is 15.9. The monoisotopic (exact) mass is 946 g/mol. The lowest BCUT2D eigenvalue weighted by molar-refractivity contribution is -0.874. The third kappa shape index (κ3) is 7.44. The molecule has 0 aliphatic heterocycles.